The standard InChI is InChI=1S/C24H35N2O5/c27-18-6-4-15-26(16-5-7-19-28,20-24(29)22-8-2-1-3-9-22)17-14-21-10-12-23(13-11-21)25(30)31/h1-3,8-13,24,27-29H,4-7,14-20H2/q+1/t24-/m0/s1. The maximum atomic E-state index is 11.0. The predicted molar refractivity (Wildman–Crippen MR) is 121 cm³/mol. The van der Waals surface area contributed by atoms with Gasteiger partial charge in [0.1, 0.15) is 12.6 Å². The molecule has 0 aliphatic rings. The topological polar surface area (TPSA) is 104 Å². The first kappa shape index (κ1) is 24.9. The highest BCUT2D eigenvalue weighted by Crippen LogP contribution is 2.23. The summed E-state index contributed by atoms with van der Waals surface area (Å²) in [5, 5.41) is 40.4. The predicted octanol–water partition coefficient (Wildman–Crippen LogP) is 3.23. The van der Waals surface area contributed by atoms with E-state index in [0.29, 0.717) is 23.9 Å². The molecule has 0 bridgehead atoms. The molecule has 2 rings (SSSR count). The van der Waals surface area contributed by atoms with Gasteiger partial charge in [0.15, 0.2) is 0 Å². The molecule has 170 valence electrons. The van der Waals surface area contributed by atoms with Crippen LogP contribution < -0.4 is 0 Å². The van der Waals surface area contributed by atoms with E-state index < -0.39 is 11.0 Å². The van der Waals surface area contributed by atoms with E-state index >= 15 is 0 Å². The molecule has 0 amide bonds. The Balaban J connectivity index is 2.19. The average Bonchev–Trinajstić information content (AvgIpc) is 2.79. The van der Waals surface area contributed by atoms with Gasteiger partial charge in [-0.05, 0) is 36.8 Å². The minimum absolute atomic E-state index is 0.0786. The average molecular weight is 432 g/mol. The summed E-state index contributed by atoms with van der Waals surface area (Å²) in [6.07, 6.45) is 3.23. The Morgan fingerprint density at radius 3 is 1.94 bits per heavy atom. The Kier molecular flexibility index (Phi) is 10.6. The lowest BCUT2D eigenvalue weighted by Crippen LogP contribution is -2.53. The van der Waals surface area contributed by atoms with Crippen LogP contribution in [0.4, 0.5) is 5.69 Å². The Morgan fingerprint density at radius 1 is 0.839 bits per heavy atom. The van der Waals surface area contributed by atoms with E-state index in [-0.39, 0.29) is 18.9 Å². The lowest BCUT2D eigenvalue weighted by molar-refractivity contribution is -0.931. The Bertz CT molecular complexity index is 757. The van der Waals surface area contributed by atoms with Gasteiger partial charge < -0.3 is 19.8 Å². The number of nitro benzene ring substituents is 1. The van der Waals surface area contributed by atoms with Crippen molar-refractivity contribution in [3.8, 4) is 0 Å². The van der Waals surface area contributed by atoms with Gasteiger partial charge in [0.05, 0.1) is 24.6 Å². The quantitative estimate of drug-likeness (QED) is 0.174. The minimum atomic E-state index is -0.610. The normalized spacial score (nSPS) is 12.6. The molecule has 0 spiro atoms. The molecule has 2 aromatic rings. The first-order chi connectivity index (χ1) is 15.0. The molecule has 7 nitrogen and oxygen atoms in total. The van der Waals surface area contributed by atoms with Crippen molar-refractivity contribution in [3.05, 3.63) is 75.8 Å². The van der Waals surface area contributed by atoms with Crippen molar-refractivity contribution in [2.75, 3.05) is 39.4 Å². The Hall–Kier alpha value is -2.32. The second-order valence-electron chi connectivity index (χ2n) is 8.16. The van der Waals surface area contributed by atoms with Crippen molar-refractivity contribution >= 4 is 5.69 Å². The van der Waals surface area contributed by atoms with Gasteiger partial charge in [-0.1, -0.05) is 42.5 Å². The number of hydrogen-bond donors (Lipinski definition) is 3. The summed E-state index contributed by atoms with van der Waals surface area (Å²) in [6.45, 7) is 3.25. The molecule has 0 aromatic heterocycles. The second kappa shape index (κ2) is 13.2. The molecule has 0 saturated carbocycles. The molecule has 0 saturated heterocycles. The van der Waals surface area contributed by atoms with Gasteiger partial charge in [-0.2, -0.15) is 0 Å². The highest BCUT2D eigenvalue weighted by atomic mass is 16.6. The number of hydrogen-bond acceptors (Lipinski definition) is 5. The van der Waals surface area contributed by atoms with Gasteiger partial charge in [0, 0.05) is 31.8 Å². The molecule has 2 aromatic carbocycles. The number of benzene rings is 2. The zero-order valence-corrected chi connectivity index (χ0v) is 18.1. The fourth-order valence-electron chi connectivity index (χ4n) is 4.03. The van der Waals surface area contributed by atoms with Crippen molar-refractivity contribution < 1.29 is 24.7 Å². The molecule has 31 heavy (non-hydrogen) atoms. The van der Waals surface area contributed by atoms with Crippen LogP contribution in [0.2, 0.25) is 0 Å². The zero-order valence-electron chi connectivity index (χ0n) is 18.1. The van der Waals surface area contributed by atoms with Crippen LogP contribution in [-0.2, 0) is 6.42 Å². The lowest BCUT2D eigenvalue weighted by Gasteiger charge is -2.41. The van der Waals surface area contributed by atoms with E-state index in [4.69, 9.17) is 0 Å². The number of aliphatic hydroxyl groups is 3. The zero-order chi connectivity index (χ0) is 22.5. The van der Waals surface area contributed by atoms with Gasteiger partial charge >= 0.3 is 0 Å². The van der Waals surface area contributed by atoms with Crippen LogP contribution in [0, 0.1) is 10.1 Å². The monoisotopic (exact) mass is 431 g/mol. The first-order valence-corrected chi connectivity index (χ1v) is 11.0. The number of rotatable bonds is 15. The Labute approximate surface area is 184 Å². The summed E-state index contributed by atoms with van der Waals surface area (Å²) < 4.78 is 0.674. The summed E-state index contributed by atoms with van der Waals surface area (Å²) in [6, 6.07) is 16.3. The number of nitro groups is 1. The highest BCUT2D eigenvalue weighted by molar-refractivity contribution is 5.32. The summed E-state index contributed by atoms with van der Waals surface area (Å²) in [7, 11) is 0. The van der Waals surface area contributed by atoms with E-state index in [9.17, 15) is 25.4 Å². The van der Waals surface area contributed by atoms with Crippen LogP contribution in [-0.4, -0.2) is 64.1 Å². The van der Waals surface area contributed by atoms with Crippen LogP contribution in [0.3, 0.4) is 0 Å². The highest BCUT2D eigenvalue weighted by Gasteiger charge is 2.30. The third kappa shape index (κ3) is 8.38. The fraction of sp³-hybridized carbons (Fsp3) is 0.500. The summed E-state index contributed by atoms with van der Waals surface area (Å²) in [5.41, 5.74) is 1.98. The van der Waals surface area contributed by atoms with Crippen LogP contribution in [0.1, 0.15) is 42.9 Å². The van der Waals surface area contributed by atoms with Crippen LogP contribution >= 0.6 is 0 Å². The summed E-state index contributed by atoms with van der Waals surface area (Å²) in [5.74, 6) is 0. The van der Waals surface area contributed by atoms with Crippen molar-refractivity contribution in [1.82, 2.24) is 0 Å². The molecule has 0 radical (unpaired) electrons. The second-order valence-corrected chi connectivity index (χ2v) is 8.16. The number of aliphatic hydroxyl groups excluding tert-OH is 3. The molecule has 0 aliphatic carbocycles. The maximum absolute atomic E-state index is 11.0. The largest absolute Gasteiger partial charge is 0.396 e. The van der Waals surface area contributed by atoms with Crippen LogP contribution in [0.5, 0.6) is 0 Å². The van der Waals surface area contributed by atoms with Gasteiger partial charge in [0.2, 0.25) is 0 Å². The third-order valence-corrected chi connectivity index (χ3v) is 5.85. The van der Waals surface area contributed by atoms with Crippen molar-refractivity contribution in [1.29, 1.82) is 0 Å². The Morgan fingerprint density at radius 2 is 1.42 bits per heavy atom. The van der Waals surface area contributed by atoms with E-state index in [1.807, 2.05) is 30.3 Å². The number of unbranched alkanes of at least 4 members (excludes halogenated alkanes) is 2. The van der Waals surface area contributed by atoms with Crippen LogP contribution in [0.15, 0.2) is 54.6 Å². The van der Waals surface area contributed by atoms with Gasteiger partial charge in [0.25, 0.3) is 5.69 Å². The molecule has 0 fully saturated rings. The van der Waals surface area contributed by atoms with Crippen LogP contribution in [0.25, 0.3) is 0 Å². The first-order valence-electron chi connectivity index (χ1n) is 11.0. The van der Waals surface area contributed by atoms with Crippen molar-refractivity contribution in [2.45, 2.75) is 38.2 Å². The number of nitrogens with zero attached hydrogens (tertiary/aromatic N) is 2. The third-order valence-electron chi connectivity index (χ3n) is 5.85. The molecule has 0 unspecified atom stereocenters. The molecule has 0 aliphatic heterocycles. The number of quaternary nitrogens is 1. The molecule has 1 atom stereocenters. The lowest BCUT2D eigenvalue weighted by atomic mass is 10.0. The van der Waals surface area contributed by atoms with Gasteiger partial charge in [-0.15, -0.1) is 0 Å². The van der Waals surface area contributed by atoms with E-state index in [2.05, 4.69) is 0 Å². The summed E-state index contributed by atoms with van der Waals surface area (Å²) in [4.78, 5) is 10.5. The molecule has 7 heteroatoms. The smallest absolute Gasteiger partial charge is 0.269 e. The molecule has 0 heterocycles. The van der Waals surface area contributed by atoms with E-state index in [0.717, 1.165) is 50.0 Å². The molecular weight excluding hydrogens is 396 g/mol. The number of non-ortho nitro benzene ring substituents is 1. The molecule has 3 N–H and O–H groups in total. The van der Waals surface area contributed by atoms with Crippen molar-refractivity contribution in [3.63, 3.8) is 0 Å². The maximum Gasteiger partial charge on any atom is 0.269 e. The van der Waals surface area contributed by atoms with Gasteiger partial charge in [-0.3, -0.25) is 10.1 Å². The van der Waals surface area contributed by atoms with Crippen molar-refractivity contribution in [2.24, 2.45) is 0 Å². The van der Waals surface area contributed by atoms with Gasteiger partial charge in [-0.25, -0.2) is 0 Å². The summed E-state index contributed by atoms with van der Waals surface area (Å²) >= 11 is 0. The minimum Gasteiger partial charge on any atom is -0.396 e. The molecular formula is C24H35N2O5+. The van der Waals surface area contributed by atoms with E-state index in [1.54, 1.807) is 12.1 Å². The SMILES string of the molecule is O=[N+]([O-])c1ccc(CC[N+](CCCCO)(CCCCO)C[C@H](O)c2ccccc2)cc1. The fourth-order valence-corrected chi connectivity index (χ4v) is 4.03. The van der Waals surface area contributed by atoms with E-state index in [1.165, 1.54) is 12.1 Å².